The second-order valence-corrected chi connectivity index (χ2v) is 9.40. The van der Waals surface area contributed by atoms with Gasteiger partial charge in [0.05, 0.1) is 17.5 Å². The van der Waals surface area contributed by atoms with Crippen LogP contribution in [-0.2, 0) is 14.6 Å². The van der Waals surface area contributed by atoms with Crippen LogP contribution in [0.25, 0.3) is 0 Å². The zero-order chi connectivity index (χ0) is 14.5. The van der Waals surface area contributed by atoms with E-state index in [1.807, 2.05) is 0 Å². The van der Waals surface area contributed by atoms with Gasteiger partial charge in [0.1, 0.15) is 0 Å². The van der Waals surface area contributed by atoms with E-state index in [9.17, 15) is 13.2 Å². The molecule has 0 unspecified atom stereocenters. The zero-order valence-electron chi connectivity index (χ0n) is 12.3. The van der Waals surface area contributed by atoms with Crippen molar-refractivity contribution < 1.29 is 13.2 Å². The number of rotatable bonds is 3. The fraction of sp³-hybridized carbons (Fsp3) is 0.929. The molecule has 0 aromatic carbocycles. The van der Waals surface area contributed by atoms with Gasteiger partial charge in [-0.15, -0.1) is 0 Å². The van der Waals surface area contributed by atoms with Gasteiger partial charge >= 0.3 is 0 Å². The minimum Gasteiger partial charge on any atom is -0.350 e. The van der Waals surface area contributed by atoms with Crippen LogP contribution in [0.15, 0.2) is 0 Å². The lowest BCUT2D eigenvalue weighted by Gasteiger charge is -2.28. The highest BCUT2D eigenvalue weighted by atomic mass is 32.2. The van der Waals surface area contributed by atoms with Crippen molar-refractivity contribution in [1.29, 1.82) is 0 Å². The van der Waals surface area contributed by atoms with Crippen molar-refractivity contribution >= 4 is 15.7 Å². The molecule has 0 spiro atoms. The molecule has 20 heavy (non-hydrogen) atoms. The number of sulfone groups is 1. The number of nitrogens with zero attached hydrogens (tertiary/aromatic N) is 1. The van der Waals surface area contributed by atoms with Crippen LogP contribution < -0.4 is 5.32 Å². The number of carbonyl (C=O) groups is 1. The summed E-state index contributed by atoms with van der Waals surface area (Å²) < 4.78 is 23.8. The lowest BCUT2D eigenvalue weighted by molar-refractivity contribution is -0.123. The highest BCUT2D eigenvalue weighted by Gasteiger charge is 2.52. The predicted octanol–water partition coefficient (Wildman–Crippen LogP) is 0.410. The number of amides is 1. The maximum atomic E-state index is 12.2. The van der Waals surface area contributed by atoms with Crippen LogP contribution in [0.4, 0.5) is 0 Å². The molecule has 114 valence electrons. The molecule has 0 aromatic rings. The number of hydrogen-bond acceptors (Lipinski definition) is 4. The Bertz CT molecular complexity index is 509. The van der Waals surface area contributed by atoms with Crippen molar-refractivity contribution in [3.05, 3.63) is 0 Å². The molecule has 2 saturated heterocycles. The summed E-state index contributed by atoms with van der Waals surface area (Å²) >= 11 is 0. The maximum absolute atomic E-state index is 12.2. The van der Waals surface area contributed by atoms with E-state index < -0.39 is 9.84 Å². The van der Waals surface area contributed by atoms with Crippen molar-refractivity contribution in [2.45, 2.75) is 45.2 Å². The van der Waals surface area contributed by atoms with Crippen LogP contribution in [0.1, 0.15) is 33.1 Å². The fourth-order valence-corrected chi connectivity index (χ4v) is 5.55. The molecule has 1 saturated carbocycles. The third kappa shape index (κ3) is 2.72. The van der Waals surface area contributed by atoms with Crippen LogP contribution in [0.2, 0.25) is 0 Å². The van der Waals surface area contributed by atoms with Crippen LogP contribution in [-0.4, -0.2) is 55.9 Å². The monoisotopic (exact) mass is 300 g/mol. The minimum atomic E-state index is -3.02. The Labute approximate surface area is 121 Å². The van der Waals surface area contributed by atoms with Crippen molar-refractivity contribution in [3.63, 3.8) is 0 Å². The lowest BCUT2D eigenvalue weighted by atomic mass is 10.1. The molecule has 3 rings (SSSR count). The van der Waals surface area contributed by atoms with Crippen LogP contribution >= 0.6 is 0 Å². The Balaban J connectivity index is 1.68. The second kappa shape index (κ2) is 4.70. The number of hydrogen-bond donors (Lipinski definition) is 1. The Hall–Kier alpha value is -0.620. The largest absolute Gasteiger partial charge is 0.350 e. The lowest BCUT2D eigenvalue weighted by Crippen LogP contribution is -2.50. The molecule has 1 N–H and O–H groups in total. The molecule has 3 atom stereocenters. The minimum absolute atomic E-state index is 0.0201. The molecule has 2 aliphatic heterocycles. The third-order valence-electron chi connectivity index (χ3n) is 5.09. The Kier molecular flexibility index (Phi) is 3.36. The molecule has 3 fully saturated rings. The van der Waals surface area contributed by atoms with Gasteiger partial charge in [0.25, 0.3) is 0 Å². The summed E-state index contributed by atoms with van der Waals surface area (Å²) in [6.07, 6.45) is 3.17. The Morgan fingerprint density at radius 2 is 1.80 bits per heavy atom. The van der Waals surface area contributed by atoms with E-state index in [1.165, 1.54) is 0 Å². The molecule has 0 bridgehead atoms. The quantitative estimate of drug-likeness (QED) is 0.820. The number of carbonyl (C=O) groups excluding carboxylic acids is 1. The molecular weight excluding hydrogens is 276 g/mol. The average Bonchev–Trinajstić information content (AvgIpc) is 2.74. The predicted molar refractivity (Wildman–Crippen MR) is 77.1 cm³/mol. The Morgan fingerprint density at radius 1 is 1.20 bits per heavy atom. The summed E-state index contributed by atoms with van der Waals surface area (Å²) in [4.78, 5) is 14.5. The van der Waals surface area contributed by atoms with Crippen molar-refractivity contribution in [3.8, 4) is 0 Å². The first-order valence-electron chi connectivity index (χ1n) is 7.53. The summed E-state index contributed by atoms with van der Waals surface area (Å²) in [5.74, 6) is 0.408. The molecule has 3 aliphatic rings. The van der Waals surface area contributed by atoms with E-state index in [0.717, 1.165) is 32.4 Å². The van der Waals surface area contributed by atoms with Crippen molar-refractivity contribution in [2.24, 2.45) is 11.3 Å². The van der Waals surface area contributed by atoms with Gasteiger partial charge in [-0.05, 0) is 37.8 Å². The van der Waals surface area contributed by atoms with E-state index in [1.54, 1.807) is 0 Å². The molecular formula is C14H24N2O3S. The molecule has 6 heteroatoms. The van der Waals surface area contributed by atoms with Gasteiger partial charge in [-0.3, -0.25) is 9.69 Å². The van der Waals surface area contributed by atoms with Crippen molar-refractivity contribution in [2.75, 3.05) is 24.6 Å². The van der Waals surface area contributed by atoms with E-state index in [4.69, 9.17) is 0 Å². The molecule has 1 aliphatic carbocycles. The molecule has 1 amide bonds. The van der Waals surface area contributed by atoms with Gasteiger partial charge in [0.2, 0.25) is 5.91 Å². The Morgan fingerprint density at radius 3 is 2.35 bits per heavy atom. The highest BCUT2D eigenvalue weighted by Crippen LogP contribution is 2.51. The van der Waals surface area contributed by atoms with Gasteiger partial charge in [0.15, 0.2) is 9.84 Å². The summed E-state index contributed by atoms with van der Waals surface area (Å²) in [6.45, 7) is 6.09. The summed E-state index contributed by atoms with van der Waals surface area (Å²) in [5.41, 5.74) is 0.0880. The first-order chi connectivity index (χ1) is 9.28. The molecule has 2 heterocycles. The fourth-order valence-electron chi connectivity index (χ4n) is 3.60. The maximum Gasteiger partial charge on any atom is 0.223 e. The van der Waals surface area contributed by atoms with Crippen LogP contribution in [0.5, 0.6) is 0 Å². The van der Waals surface area contributed by atoms with Gasteiger partial charge in [0, 0.05) is 12.0 Å². The molecule has 0 aromatic heterocycles. The molecule has 5 nitrogen and oxygen atoms in total. The van der Waals surface area contributed by atoms with E-state index in [0.29, 0.717) is 0 Å². The third-order valence-corrected chi connectivity index (χ3v) is 6.81. The van der Waals surface area contributed by atoms with E-state index >= 15 is 0 Å². The smallest absolute Gasteiger partial charge is 0.223 e. The highest BCUT2D eigenvalue weighted by molar-refractivity contribution is 7.91. The van der Waals surface area contributed by atoms with Crippen LogP contribution in [0, 0.1) is 11.3 Å². The SMILES string of the molecule is CC1(C)C[C@@H]1C(=O)N[C@H]1CS(=O)(=O)C[C@H]1N1CCCC1. The summed E-state index contributed by atoms with van der Waals surface area (Å²) in [6, 6.07) is -0.240. The average molecular weight is 300 g/mol. The van der Waals surface area contributed by atoms with Gasteiger partial charge in [-0.1, -0.05) is 13.8 Å². The number of nitrogens with one attached hydrogen (secondary N) is 1. The number of likely N-dealkylation sites (tertiary alicyclic amines) is 1. The van der Waals surface area contributed by atoms with E-state index in [2.05, 4.69) is 24.1 Å². The molecule has 0 radical (unpaired) electrons. The normalized spacial score (nSPS) is 38.8. The second-order valence-electron chi connectivity index (χ2n) is 7.25. The van der Waals surface area contributed by atoms with Crippen LogP contribution in [0.3, 0.4) is 0 Å². The first kappa shape index (κ1) is 14.3. The van der Waals surface area contributed by atoms with Gasteiger partial charge in [-0.2, -0.15) is 0 Å². The van der Waals surface area contributed by atoms with E-state index in [-0.39, 0.29) is 40.8 Å². The standard InChI is InChI=1S/C14H24N2O3S/c1-14(2)7-10(14)13(17)15-11-8-20(18,19)9-12(11)16-5-3-4-6-16/h10-12H,3-9H2,1-2H3,(H,15,17)/t10-,11+,12-/m1/s1. The van der Waals surface area contributed by atoms with Gasteiger partial charge in [-0.25, -0.2) is 8.42 Å². The topological polar surface area (TPSA) is 66.5 Å². The van der Waals surface area contributed by atoms with Gasteiger partial charge < -0.3 is 5.32 Å². The first-order valence-corrected chi connectivity index (χ1v) is 9.35. The summed E-state index contributed by atoms with van der Waals surface area (Å²) in [7, 11) is -3.02. The van der Waals surface area contributed by atoms with Crippen molar-refractivity contribution in [1.82, 2.24) is 10.2 Å². The zero-order valence-corrected chi connectivity index (χ0v) is 13.1. The summed E-state index contributed by atoms with van der Waals surface area (Å²) in [5, 5.41) is 3.02.